The molecule has 0 radical (unpaired) electrons. The van der Waals surface area contributed by atoms with Gasteiger partial charge in [0.15, 0.2) is 0 Å². The fourth-order valence-electron chi connectivity index (χ4n) is 3.22. The summed E-state index contributed by atoms with van der Waals surface area (Å²) in [7, 11) is 1.85. The van der Waals surface area contributed by atoms with Crippen LogP contribution in [-0.4, -0.2) is 43.5 Å². The summed E-state index contributed by atoms with van der Waals surface area (Å²) in [6.45, 7) is 3.01. The Morgan fingerprint density at radius 1 is 1.35 bits per heavy atom. The molecule has 2 aliphatic rings. The summed E-state index contributed by atoms with van der Waals surface area (Å²) in [5, 5.41) is 3.05. The number of fused-ring (bicyclic) bond motifs is 1. The van der Waals surface area contributed by atoms with Crippen LogP contribution in [0.2, 0.25) is 0 Å². The van der Waals surface area contributed by atoms with Crippen molar-refractivity contribution in [3.63, 3.8) is 0 Å². The first-order valence-electron chi connectivity index (χ1n) is 7.16. The van der Waals surface area contributed by atoms with Crippen molar-refractivity contribution in [2.75, 3.05) is 31.6 Å². The Bertz CT molecular complexity index is 520. The Hall–Kier alpha value is -1.62. The number of nitrogens with zero attached hydrogens (tertiary/aromatic N) is 2. The Balaban J connectivity index is 1.78. The summed E-state index contributed by atoms with van der Waals surface area (Å²) in [5.74, 6) is 0.0717. The van der Waals surface area contributed by atoms with E-state index in [-0.39, 0.29) is 11.7 Å². The van der Waals surface area contributed by atoms with E-state index in [9.17, 15) is 9.18 Å². The molecule has 1 aromatic carbocycles. The minimum absolute atomic E-state index is 0.197. The van der Waals surface area contributed by atoms with Crippen molar-refractivity contribution >= 4 is 11.6 Å². The smallest absolute Gasteiger partial charge is 0.223 e. The van der Waals surface area contributed by atoms with Crippen molar-refractivity contribution in [3.05, 3.63) is 29.6 Å². The minimum atomic E-state index is -0.197. The highest BCUT2D eigenvalue weighted by molar-refractivity contribution is 5.79. The van der Waals surface area contributed by atoms with Crippen molar-refractivity contribution in [2.24, 2.45) is 0 Å². The average Bonchev–Trinajstić information content (AvgIpc) is 2.80. The van der Waals surface area contributed by atoms with Gasteiger partial charge in [-0.2, -0.15) is 0 Å². The molecule has 3 rings (SSSR count). The number of amides is 1. The van der Waals surface area contributed by atoms with Crippen molar-refractivity contribution in [1.82, 2.24) is 10.2 Å². The second-order valence-electron chi connectivity index (χ2n) is 5.57. The number of benzene rings is 1. The van der Waals surface area contributed by atoms with E-state index in [0.717, 1.165) is 37.3 Å². The lowest BCUT2D eigenvalue weighted by Gasteiger charge is -2.39. The van der Waals surface area contributed by atoms with Gasteiger partial charge in [-0.3, -0.25) is 4.79 Å². The van der Waals surface area contributed by atoms with Gasteiger partial charge in [0.2, 0.25) is 5.91 Å². The molecule has 1 aromatic rings. The summed E-state index contributed by atoms with van der Waals surface area (Å²) in [6.07, 6.45) is 1.58. The van der Waals surface area contributed by atoms with Crippen molar-refractivity contribution in [2.45, 2.75) is 25.4 Å². The monoisotopic (exact) mass is 277 g/mol. The van der Waals surface area contributed by atoms with Gasteiger partial charge in [-0.05, 0) is 37.2 Å². The Kier molecular flexibility index (Phi) is 3.61. The highest BCUT2D eigenvalue weighted by atomic mass is 19.1. The van der Waals surface area contributed by atoms with E-state index in [1.165, 1.54) is 0 Å². The molecule has 1 atom stereocenters. The molecule has 0 aromatic heterocycles. The molecule has 0 bridgehead atoms. The molecule has 20 heavy (non-hydrogen) atoms. The first-order valence-corrected chi connectivity index (χ1v) is 7.16. The maximum Gasteiger partial charge on any atom is 0.223 e. The lowest BCUT2D eigenvalue weighted by atomic mass is 10.1. The highest BCUT2D eigenvalue weighted by Crippen LogP contribution is 2.27. The van der Waals surface area contributed by atoms with E-state index in [1.807, 2.05) is 18.0 Å². The first-order chi connectivity index (χ1) is 9.67. The van der Waals surface area contributed by atoms with Crippen LogP contribution in [0.4, 0.5) is 10.1 Å². The van der Waals surface area contributed by atoms with Crippen LogP contribution in [0.3, 0.4) is 0 Å². The molecule has 0 aliphatic carbocycles. The van der Waals surface area contributed by atoms with E-state index >= 15 is 0 Å². The van der Waals surface area contributed by atoms with E-state index in [4.69, 9.17) is 0 Å². The lowest BCUT2D eigenvalue weighted by Crippen LogP contribution is -2.51. The molecule has 0 saturated carbocycles. The summed E-state index contributed by atoms with van der Waals surface area (Å²) in [6, 6.07) is 5.49. The van der Waals surface area contributed by atoms with E-state index < -0.39 is 0 Å². The van der Waals surface area contributed by atoms with E-state index in [0.29, 0.717) is 19.0 Å². The highest BCUT2D eigenvalue weighted by Gasteiger charge is 2.35. The lowest BCUT2D eigenvalue weighted by molar-refractivity contribution is -0.129. The number of carbonyl (C=O) groups excluding carboxylic acids is 1. The van der Waals surface area contributed by atoms with Crippen LogP contribution in [-0.2, 0) is 11.3 Å². The number of anilines is 1. The zero-order valence-electron chi connectivity index (χ0n) is 11.7. The third kappa shape index (κ3) is 2.50. The molecule has 2 saturated heterocycles. The van der Waals surface area contributed by atoms with Gasteiger partial charge < -0.3 is 15.1 Å². The zero-order valence-corrected chi connectivity index (χ0v) is 11.7. The number of carbonyl (C=O) groups is 1. The van der Waals surface area contributed by atoms with Gasteiger partial charge in [0.05, 0.1) is 0 Å². The molecule has 1 amide bonds. The molecule has 108 valence electrons. The third-order valence-electron chi connectivity index (χ3n) is 4.18. The van der Waals surface area contributed by atoms with Gasteiger partial charge >= 0.3 is 0 Å². The standard InChI is InChI=1S/C15H20FN3O/c1-17-9-11-6-12(16)8-14(7-11)18-4-5-19-13(10-18)2-3-15(19)20/h6-8,13,17H,2-5,9-10H2,1H3. The number of nitrogens with one attached hydrogen (secondary N) is 1. The van der Waals surface area contributed by atoms with Crippen molar-refractivity contribution in [3.8, 4) is 0 Å². The molecular formula is C15H20FN3O. The maximum atomic E-state index is 13.7. The van der Waals surface area contributed by atoms with Gasteiger partial charge in [-0.15, -0.1) is 0 Å². The summed E-state index contributed by atoms with van der Waals surface area (Å²) < 4.78 is 13.7. The minimum Gasteiger partial charge on any atom is -0.368 e. The molecule has 2 heterocycles. The van der Waals surface area contributed by atoms with Gasteiger partial charge in [0.25, 0.3) is 0 Å². The number of hydrogen-bond donors (Lipinski definition) is 1. The van der Waals surface area contributed by atoms with Crippen molar-refractivity contribution < 1.29 is 9.18 Å². The maximum absolute atomic E-state index is 13.7. The fourth-order valence-corrected chi connectivity index (χ4v) is 3.22. The topological polar surface area (TPSA) is 35.6 Å². The molecule has 2 aliphatic heterocycles. The Morgan fingerprint density at radius 2 is 2.20 bits per heavy atom. The predicted octanol–water partition coefficient (Wildman–Crippen LogP) is 1.36. The molecular weight excluding hydrogens is 257 g/mol. The second kappa shape index (κ2) is 5.40. The van der Waals surface area contributed by atoms with Gasteiger partial charge in [-0.25, -0.2) is 4.39 Å². The van der Waals surface area contributed by atoms with Crippen LogP contribution in [0.1, 0.15) is 18.4 Å². The number of rotatable bonds is 3. The number of halogens is 1. The van der Waals surface area contributed by atoms with Crippen LogP contribution < -0.4 is 10.2 Å². The summed E-state index contributed by atoms with van der Waals surface area (Å²) in [5.41, 5.74) is 1.88. The summed E-state index contributed by atoms with van der Waals surface area (Å²) >= 11 is 0. The van der Waals surface area contributed by atoms with Crippen LogP contribution in [0, 0.1) is 5.82 Å². The molecule has 1 N–H and O–H groups in total. The molecule has 2 fully saturated rings. The Morgan fingerprint density at radius 3 is 3.00 bits per heavy atom. The number of piperazine rings is 1. The van der Waals surface area contributed by atoms with Crippen LogP contribution in [0.15, 0.2) is 18.2 Å². The summed E-state index contributed by atoms with van der Waals surface area (Å²) in [4.78, 5) is 15.9. The quantitative estimate of drug-likeness (QED) is 0.906. The third-order valence-corrected chi connectivity index (χ3v) is 4.18. The molecule has 4 nitrogen and oxygen atoms in total. The molecule has 1 unspecified atom stereocenters. The second-order valence-corrected chi connectivity index (χ2v) is 5.57. The number of hydrogen-bond acceptors (Lipinski definition) is 3. The van der Waals surface area contributed by atoms with Gasteiger partial charge in [-0.1, -0.05) is 0 Å². The molecule has 5 heteroatoms. The van der Waals surface area contributed by atoms with E-state index in [2.05, 4.69) is 10.2 Å². The SMILES string of the molecule is CNCc1cc(F)cc(N2CCN3C(=O)CCC3C2)c1. The van der Waals surface area contributed by atoms with Gasteiger partial charge in [0.1, 0.15) is 5.82 Å². The fraction of sp³-hybridized carbons (Fsp3) is 0.533. The first kappa shape index (κ1) is 13.4. The normalized spacial score (nSPS) is 22.3. The average molecular weight is 277 g/mol. The van der Waals surface area contributed by atoms with Gasteiger partial charge in [0, 0.05) is 44.3 Å². The van der Waals surface area contributed by atoms with E-state index in [1.54, 1.807) is 12.1 Å². The van der Waals surface area contributed by atoms with Crippen LogP contribution in [0.5, 0.6) is 0 Å². The van der Waals surface area contributed by atoms with Crippen molar-refractivity contribution in [1.29, 1.82) is 0 Å². The molecule has 0 spiro atoms. The van der Waals surface area contributed by atoms with Crippen LogP contribution >= 0.6 is 0 Å². The predicted molar refractivity (Wildman–Crippen MR) is 76.1 cm³/mol. The Labute approximate surface area is 118 Å². The van der Waals surface area contributed by atoms with Crippen LogP contribution in [0.25, 0.3) is 0 Å². The largest absolute Gasteiger partial charge is 0.368 e. The zero-order chi connectivity index (χ0) is 14.1.